The first-order chi connectivity index (χ1) is 10.5. The molecular weight excluding hydrogens is 310 g/mol. The molecule has 0 aliphatic carbocycles. The van der Waals surface area contributed by atoms with Gasteiger partial charge in [-0.25, -0.2) is 13.1 Å². The molecule has 1 N–H and O–H groups in total. The van der Waals surface area contributed by atoms with Gasteiger partial charge in [-0.05, 0) is 59.0 Å². The summed E-state index contributed by atoms with van der Waals surface area (Å²) in [7, 11) is -3.17. The van der Waals surface area contributed by atoms with Crippen LogP contribution >= 0.6 is 0 Å². The van der Waals surface area contributed by atoms with E-state index in [4.69, 9.17) is 0 Å². The predicted molar refractivity (Wildman–Crippen MR) is 98.2 cm³/mol. The molecule has 1 fully saturated rings. The van der Waals surface area contributed by atoms with Crippen molar-refractivity contribution in [2.75, 3.05) is 39.0 Å². The molecule has 138 valence electrons. The van der Waals surface area contributed by atoms with Crippen molar-refractivity contribution >= 4 is 10.0 Å². The first-order valence-corrected chi connectivity index (χ1v) is 10.8. The second-order valence-electron chi connectivity index (χ2n) is 8.08. The van der Waals surface area contributed by atoms with Crippen LogP contribution in [0.1, 0.15) is 53.9 Å². The minimum absolute atomic E-state index is 0.407. The maximum Gasteiger partial charge on any atom is 0.209 e. The molecule has 1 heterocycles. The van der Waals surface area contributed by atoms with Gasteiger partial charge < -0.3 is 4.90 Å². The molecule has 0 amide bonds. The Balaban J connectivity index is 2.57. The Kier molecular flexibility index (Phi) is 7.98. The van der Waals surface area contributed by atoms with Crippen molar-refractivity contribution in [3.63, 3.8) is 0 Å². The van der Waals surface area contributed by atoms with E-state index in [0.29, 0.717) is 12.0 Å². The van der Waals surface area contributed by atoms with Crippen LogP contribution in [0.2, 0.25) is 0 Å². The Morgan fingerprint density at radius 2 is 1.70 bits per heavy atom. The van der Waals surface area contributed by atoms with Crippen molar-refractivity contribution in [2.24, 2.45) is 5.92 Å². The molecular formula is C17H37N3O2S. The molecule has 0 saturated carbocycles. The number of nitrogens with one attached hydrogen (secondary N) is 1. The van der Waals surface area contributed by atoms with E-state index in [1.807, 2.05) is 13.8 Å². The fourth-order valence-corrected chi connectivity index (χ4v) is 4.30. The van der Waals surface area contributed by atoms with Gasteiger partial charge in [-0.1, -0.05) is 13.8 Å². The summed E-state index contributed by atoms with van der Waals surface area (Å²) in [5.41, 5.74) is -0.407. The van der Waals surface area contributed by atoms with E-state index in [0.717, 1.165) is 26.1 Å². The van der Waals surface area contributed by atoms with E-state index in [-0.39, 0.29) is 0 Å². The van der Waals surface area contributed by atoms with Gasteiger partial charge in [0.15, 0.2) is 0 Å². The van der Waals surface area contributed by atoms with Crippen LogP contribution in [0.5, 0.6) is 0 Å². The largest absolute Gasteiger partial charge is 0.302 e. The smallest absolute Gasteiger partial charge is 0.209 e. The summed E-state index contributed by atoms with van der Waals surface area (Å²) >= 11 is 0. The summed E-state index contributed by atoms with van der Waals surface area (Å²) in [5.74, 6) is 0.597. The first kappa shape index (κ1) is 20.9. The van der Waals surface area contributed by atoms with Crippen molar-refractivity contribution in [1.82, 2.24) is 14.5 Å². The molecule has 0 spiro atoms. The summed E-state index contributed by atoms with van der Waals surface area (Å²) in [6.07, 6.45) is 4.70. The number of nitrogens with zero attached hydrogens (tertiary/aromatic N) is 2. The fraction of sp³-hybridized carbons (Fsp3) is 1.00. The van der Waals surface area contributed by atoms with Crippen molar-refractivity contribution in [2.45, 2.75) is 65.5 Å². The van der Waals surface area contributed by atoms with Crippen LogP contribution in [0.4, 0.5) is 0 Å². The standard InChI is InChI=1S/C17H37N3O2S/c1-15(2)16(3)20(14-13-19-10-7-8-11-19)12-9-17(4,5)18-23(6,21)22/h15-16,18H,7-14H2,1-6H3. The average Bonchev–Trinajstić information content (AvgIpc) is 2.88. The molecule has 0 radical (unpaired) electrons. The Bertz CT molecular complexity index is 443. The molecule has 6 heteroatoms. The number of hydrogen-bond donors (Lipinski definition) is 1. The van der Waals surface area contributed by atoms with Crippen LogP contribution in [-0.2, 0) is 10.0 Å². The molecule has 1 unspecified atom stereocenters. The Morgan fingerprint density at radius 3 is 2.17 bits per heavy atom. The molecule has 0 aromatic rings. The summed E-state index contributed by atoms with van der Waals surface area (Å²) < 4.78 is 25.8. The molecule has 0 bridgehead atoms. The van der Waals surface area contributed by atoms with Gasteiger partial charge in [0.2, 0.25) is 10.0 Å². The third-order valence-electron chi connectivity index (χ3n) is 4.93. The topological polar surface area (TPSA) is 52.6 Å². The predicted octanol–water partition coefficient (Wildman–Crippen LogP) is 2.15. The highest BCUT2D eigenvalue weighted by Gasteiger charge is 2.25. The van der Waals surface area contributed by atoms with Crippen molar-refractivity contribution < 1.29 is 8.42 Å². The highest BCUT2D eigenvalue weighted by atomic mass is 32.2. The van der Waals surface area contributed by atoms with Crippen molar-refractivity contribution in [3.8, 4) is 0 Å². The van der Waals surface area contributed by atoms with E-state index < -0.39 is 15.6 Å². The summed E-state index contributed by atoms with van der Waals surface area (Å²) in [6, 6.07) is 0.506. The summed E-state index contributed by atoms with van der Waals surface area (Å²) in [6.45, 7) is 16.3. The van der Waals surface area contributed by atoms with Crippen LogP contribution in [0.25, 0.3) is 0 Å². The van der Waals surface area contributed by atoms with Crippen LogP contribution < -0.4 is 4.72 Å². The zero-order valence-corrected chi connectivity index (χ0v) is 16.7. The zero-order chi connectivity index (χ0) is 17.7. The van der Waals surface area contributed by atoms with Crippen LogP contribution in [0.3, 0.4) is 0 Å². The third kappa shape index (κ3) is 8.47. The van der Waals surface area contributed by atoms with Gasteiger partial charge in [-0.15, -0.1) is 0 Å². The summed E-state index contributed by atoms with van der Waals surface area (Å²) in [4.78, 5) is 5.06. The lowest BCUT2D eigenvalue weighted by Gasteiger charge is -2.36. The fourth-order valence-electron chi connectivity index (χ4n) is 3.19. The molecule has 5 nitrogen and oxygen atoms in total. The molecule has 1 aliphatic rings. The monoisotopic (exact) mass is 347 g/mol. The molecule has 1 atom stereocenters. The number of sulfonamides is 1. The van der Waals surface area contributed by atoms with Gasteiger partial charge in [-0.2, -0.15) is 0 Å². The molecule has 0 aromatic carbocycles. The molecule has 23 heavy (non-hydrogen) atoms. The van der Waals surface area contributed by atoms with Crippen LogP contribution in [0.15, 0.2) is 0 Å². The Morgan fingerprint density at radius 1 is 1.13 bits per heavy atom. The van der Waals surface area contributed by atoms with E-state index in [1.165, 1.54) is 32.2 Å². The van der Waals surface area contributed by atoms with Gasteiger partial charge in [0.05, 0.1) is 6.26 Å². The normalized spacial score (nSPS) is 19.0. The van der Waals surface area contributed by atoms with Crippen molar-refractivity contribution in [1.29, 1.82) is 0 Å². The van der Waals surface area contributed by atoms with E-state index in [2.05, 4.69) is 35.3 Å². The number of likely N-dealkylation sites (tertiary alicyclic amines) is 1. The lowest BCUT2D eigenvalue weighted by atomic mass is 9.99. The van der Waals surface area contributed by atoms with Gasteiger partial charge in [0.1, 0.15) is 0 Å². The summed E-state index contributed by atoms with van der Waals surface area (Å²) in [5, 5.41) is 0. The number of hydrogen-bond acceptors (Lipinski definition) is 4. The van der Waals surface area contributed by atoms with E-state index >= 15 is 0 Å². The highest BCUT2D eigenvalue weighted by Crippen LogP contribution is 2.16. The second kappa shape index (κ2) is 8.79. The minimum atomic E-state index is -3.17. The average molecular weight is 348 g/mol. The zero-order valence-electron chi connectivity index (χ0n) is 15.9. The van der Waals surface area contributed by atoms with Gasteiger partial charge >= 0.3 is 0 Å². The second-order valence-corrected chi connectivity index (χ2v) is 9.83. The first-order valence-electron chi connectivity index (χ1n) is 8.95. The molecule has 1 aliphatic heterocycles. The molecule has 1 rings (SSSR count). The van der Waals surface area contributed by atoms with Gasteiger partial charge in [-0.3, -0.25) is 4.90 Å². The van der Waals surface area contributed by atoms with E-state index in [1.54, 1.807) is 0 Å². The Labute approximate surface area is 143 Å². The van der Waals surface area contributed by atoms with Crippen LogP contribution in [0, 0.1) is 5.92 Å². The van der Waals surface area contributed by atoms with Gasteiger partial charge in [0.25, 0.3) is 0 Å². The highest BCUT2D eigenvalue weighted by molar-refractivity contribution is 7.88. The van der Waals surface area contributed by atoms with Gasteiger partial charge in [0, 0.05) is 31.2 Å². The van der Waals surface area contributed by atoms with E-state index in [9.17, 15) is 8.42 Å². The molecule has 1 saturated heterocycles. The number of rotatable bonds is 10. The lowest BCUT2D eigenvalue weighted by molar-refractivity contribution is 0.137. The lowest BCUT2D eigenvalue weighted by Crippen LogP contribution is -2.48. The molecule has 0 aromatic heterocycles. The SMILES string of the molecule is CC(C)C(C)N(CCN1CCCC1)CCC(C)(C)NS(C)(=O)=O. The third-order valence-corrected chi connectivity index (χ3v) is 5.85. The van der Waals surface area contributed by atoms with Crippen molar-refractivity contribution in [3.05, 3.63) is 0 Å². The maximum atomic E-state index is 11.5. The maximum absolute atomic E-state index is 11.5. The quantitative estimate of drug-likeness (QED) is 0.658. The Hall–Kier alpha value is -0.170. The minimum Gasteiger partial charge on any atom is -0.302 e. The van der Waals surface area contributed by atoms with Crippen LogP contribution in [-0.4, -0.2) is 68.8 Å².